The molecular formula is C13H16O3. The van der Waals surface area contributed by atoms with Crippen LogP contribution in [0.1, 0.15) is 29.9 Å². The summed E-state index contributed by atoms with van der Waals surface area (Å²) in [6, 6.07) is 8.21. The van der Waals surface area contributed by atoms with Gasteiger partial charge in [-0.2, -0.15) is 0 Å². The van der Waals surface area contributed by atoms with E-state index in [4.69, 9.17) is 9.84 Å². The fourth-order valence-corrected chi connectivity index (χ4v) is 2.05. The number of ether oxygens (including phenoxy) is 1. The molecule has 1 saturated heterocycles. The van der Waals surface area contributed by atoms with Crippen LogP contribution in [-0.4, -0.2) is 24.3 Å². The minimum Gasteiger partial charge on any atom is -0.481 e. The summed E-state index contributed by atoms with van der Waals surface area (Å²) < 4.78 is 5.36. The van der Waals surface area contributed by atoms with E-state index >= 15 is 0 Å². The first kappa shape index (κ1) is 11.1. The Hall–Kier alpha value is -1.35. The van der Waals surface area contributed by atoms with Gasteiger partial charge in [0, 0.05) is 18.9 Å². The summed E-state index contributed by atoms with van der Waals surface area (Å²) in [5, 5.41) is 8.64. The number of aliphatic carboxylic acids is 1. The van der Waals surface area contributed by atoms with Gasteiger partial charge >= 0.3 is 5.97 Å². The third kappa shape index (κ3) is 2.83. The van der Waals surface area contributed by atoms with Gasteiger partial charge in [-0.15, -0.1) is 0 Å². The van der Waals surface area contributed by atoms with Crippen LogP contribution in [0.4, 0.5) is 0 Å². The number of hydrogen-bond donors (Lipinski definition) is 1. The van der Waals surface area contributed by atoms with Crippen molar-refractivity contribution in [1.29, 1.82) is 0 Å². The molecule has 1 N–H and O–H groups in total. The van der Waals surface area contributed by atoms with E-state index in [1.807, 2.05) is 12.1 Å². The summed E-state index contributed by atoms with van der Waals surface area (Å²) in [4.78, 5) is 10.5. The molecule has 2 rings (SSSR count). The van der Waals surface area contributed by atoms with Gasteiger partial charge in [0.25, 0.3) is 0 Å². The van der Waals surface area contributed by atoms with Crippen molar-refractivity contribution in [3.8, 4) is 0 Å². The van der Waals surface area contributed by atoms with Crippen molar-refractivity contribution in [2.75, 3.05) is 13.2 Å². The van der Waals surface area contributed by atoms with E-state index in [0.717, 1.165) is 25.2 Å². The number of rotatable bonds is 4. The van der Waals surface area contributed by atoms with Crippen molar-refractivity contribution < 1.29 is 14.6 Å². The first-order valence-electron chi connectivity index (χ1n) is 5.64. The monoisotopic (exact) mass is 220 g/mol. The highest BCUT2D eigenvalue weighted by Crippen LogP contribution is 2.25. The van der Waals surface area contributed by atoms with Crippen LogP contribution in [-0.2, 0) is 16.0 Å². The van der Waals surface area contributed by atoms with E-state index < -0.39 is 5.97 Å². The molecule has 1 unspecified atom stereocenters. The minimum atomic E-state index is -0.741. The lowest BCUT2D eigenvalue weighted by Crippen LogP contribution is -2.00. The maximum Gasteiger partial charge on any atom is 0.303 e. The van der Waals surface area contributed by atoms with Crippen molar-refractivity contribution in [2.24, 2.45) is 0 Å². The molecule has 1 heterocycles. The van der Waals surface area contributed by atoms with Crippen LogP contribution in [0.2, 0.25) is 0 Å². The average Bonchev–Trinajstić information content (AvgIpc) is 2.80. The first-order chi connectivity index (χ1) is 7.75. The van der Waals surface area contributed by atoms with Crippen LogP contribution in [0.15, 0.2) is 24.3 Å². The minimum absolute atomic E-state index is 0.199. The highest BCUT2D eigenvalue weighted by atomic mass is 16.5. The van der Waals surface area contributed by atoms with E-state index in [9.17, 15) is 4.79 Å². The molecule has 1 aliphatic rings. The molecule has 1 aromatic rings. The average molecular weight is 220 g/mol. The maximum atomic E-state index is 10.5. The molecule has 86 valence electrons. The Morgan fingerprint density at radius 1 is 1.50 bits per heavy atom. The highest BCUT2D eigenvalue weighted by molar-refractivity contribution is 5.67. The van der Waals surface area contributed by atoms with Crippen LogP contribution < -0.4 is 0 Å². The second-order valence-corrected chi connectivity index (χ2v) is 4.20. The normalized spacial score (nSPS) is 19.9. The lowest BCUT2D eigenvalue weighted by atomic mass is 9.95. The van der Waals surface area contributed by atoms with E-state index in [-0.39, 0.29) is 6.42 Å². The quantitative estimate of drug-likeness (QED) is 0.846. The van der Waals surface area contributed by atoms with Gasteiger partial charge in [0.05, 0.1) is 6.61 Å². The van der Waals surface area contributed by atoms with Crippen LogP contribution in [0.25, 0.3) is 0 Å². The number of hydrogen-bond acceptors (Lipinski definition) is 2. The molecule has 0 radical (unpaired) electrons. The van der Waals surface area contributed by atoms with E-state index in [2.05, 4.69) is 12.1 Å². The fraction of sp³-hybridized carbons (Fsp3) is 0.462. The standard InChI is InChI=1S/C13H16O3/c14-13(15)5-4-10-2-1-3-11(8-10)12-6-7-16-9-12/h1-3,8,12H,4-7,9H2,(H,14,15). The molecule has 0 spiro atoms. The fourth-order valence-electron chi connectivity index (χ4n) is 2.05. The third-order valence-corrected chi connectivity index (χ3v) is 2.98. The topological polar surface area (TPSA) is 46.5 Å². The van der Waals surface area contributed by atoms with Crippen LogP contribution >= 0.6 is 0 Å². The Morgan fingerprint density at radius 3 is 3.06 bits per heavy atom. The van der Waals surface area contributed by atoms with Crippen molar-refractivity contribution >= 4 is 5.97 Å². The van der Waals surface area contributed by atoms with Crippen molar-refractivity contribution in [3.63, 3.8) is 0 Å². The second-order valence-electron chi connectivity index (χ2n) is 4.20. The molecular weight excluding hydrogens is 204 g/mol. The molecule has 0 aliphatic carbocycles. The van der Waals surface area contributed by atoms with Gasteiger partial charge in [0.2, 0.25) is 0 Å². The number of carboxylic acid groups (broad SMARTS) is 1. The Bertz CT molecular complexity index is 367. The Balaban J connectivity index is 2.03. The Morgan fingerprint density at radius 2 is 2.38 bits per heavy atom. The van der Waals surface area contributed by atoms with Crippen molar-refractivity contribution in [2.45, 2.75) is 25.2 Å². The molecule has 1 aromatic carbocycles. The van der Waals surface area contributed by atoms with Crippen LogP contribution in [0.3, 0.4) is 0 Å². The zero-order chi connectivity index (χ0) is 11.4. The number of carboxylic acids is 1. The van der Waals surface area contributed by atoms with Gasteiger partial charge in [-0.25, -0.2) is 0 Å². The number of benzene rings is 1. The SMILES string of the molecule is O=C(O)CCc1cccc(C2CCOC2)c1. The molecule has 0 bridgehead atoms. The largest absolute Gasteiger partial charge is 0.481 e. The zero-order valence-corrected chi connectivity index (χ0v) is 9.19. The molecule has 1 atom stereocenters. The lowest BCUT2D eigenvalue weighted by molar-refractivity contribution is -0.136. The number of aryl methyl sites for hydroxylation is 1. The van der Waals surface area contributed by atoms with Gasteiger partial charge in [0.1, 0.15) is 0 Å². The summed E-state index contributed by atoms with van der Waals surface area (Å²) in [7, 11) is 0. The second kappa shape index (κ2) is 5.12. The third-order valence-electron chi connectivity index (χ3n) is 2.98. The summed E-state index contributed by atoms with van der Waals surface area (Å²) in [6.45, 7) is 1.63. The van der Waals surface area contributed by atoms with Gasteiger partial charge in [-0.1, -0.05) is 24.3 Å². The maximum absolute atomic E-state index is 10.5. The predicted molar refractivity (Wildman–Crippen MR) is 60.6 cm³/mol. The van der Waals surface area contributed by atoms with Crippen LogP contribution in [0, 0.1) is 0 Å². The summed E-state index contributed by atoms with van der Waals surface area (Å²) in [5.41, 5.74) is 2.38. The Kier molecular flexibility index (Phi) is 3.57. The van der Waals surface area contributed by atoms with Crippen molar-refractivity contribution in [1.82, 2.24) is 0 Å². The molecule has 0 saturated carbocycles. The molecule has 3 heteroatoms. The van der Waals surface area contributed by atoms with E-state index in [1.54, 1.807) is 0 Å². The highest BCUT2D eigenvalue weighted by Gasteiger charge is 2.17. The predicted octanol–water partition coefficient (Wildman–Crippen LogP) is 2.21. The van der Waals surface area contributed by atoms with Gasteiger partial charge in [-0.05, 0) is 24.0 Å². The molecule has 3 nitrogen and oxygen atoms in total. The first-order valence-corrected chi connectivity index (χ1v) is 5.64. The summed E-state index contributed by atoms with van der Waals surface area (Å²) in [6.07, 6.45) is 1.88. The summed E-state index contributed by atoms with van der Waals surface area (Å²) in [5.74, 6) is -0.251. The van der Waals surface area contributed by atoms with Crippen molar-refractivity contribution in [3.05, 3.63) is 35.4 Å². The van der Waals surface area contributed by atoms with Gasteiger partial charge in [-0.3, -0.25) is 4.79 Å². The molecule has 1 aliphatic heterocycles. The van der Waals surface area contributed by atoms with Crippen LogP contribution in [0.5, 0.6) is 0 Å². The van der Waals surface area contributed by atoms with Gasteiger partial charge < -0.3 is 9.84 Å². The smallest absolute Gasteiger partial charge is 0.303 e. The number of carbonyl (C=O) groups is 1. The molecule has 1 fully saturated rings. The van der Waals surface area contributed by atoms with E-state index in [1.165, 1.54) is 5.56 Å². The van der Waals surface area contributed by atoms with Gasteiger partial charge in [0.15, 0.2) is 0 Å². The molecule has 16 heavy (non-hydrogen) atoms. The van der Waals surface area contributed by atoms with E-state index in [0.29, 0.717) is 12.3 Å². The lowest BCUT2D eigenvalue weighted by Gasteiger charge is -2.09. The Labute approximate surface area is 95.0 Å². The molecule has 0 amide bonds. The zero-order valence-electron chi connectivity index (χ0n) is 9.19. The molecule has 0 aromatic heterocycles. The summed E-state index contributed by atoms with van der Waals surface area (Å²) >= 11 is 0.